The van der Waals surface area contributed by atoms with Crippen molar-refractivity contribution in [3.05, 3.63) is 58.7 Å². The number of aliphatic hydroxyl groups excluding tert-OH is 1. The fourth-order valence-electron chi connectivity index (χ4n) is 2.54. The summed E-state index contributed by atoms with van der Waals surface area (Å²) in [5.74, 6) is -0.555. The molecule has 2 aromatic rings. The molecule has 0 saturated carbocycles. The van der Waals surface area contributed by atoms with E-state index in [1.807, 2.05) is 20.8 Å². The average Bonchev–Trinajstić information content (AvgIpc) is 2.67. The SMILES string of the molecule is CC(C)(C)NCC(=O)c1ccc(O)c(COCC(=O)c2ccc(O)c(CO)c2)c1. The van der Waals surface area contributed by atoms with E-state index >= 15 is 0 Å². The molecule has 0 aromatic heterocycles. The van der Waals surface area contributed by atoms with Gasteiger partial charge in [0.1, 0.15) is 18.1 Å². The molecule has 0 amide bonds. The molecule has 0 aliphatic carbocycles. The lowest BCUT2D eigenvalue weighted by atomic mass is 10.0. The van der Waals surface area contributed by atoms with Crippen LogP contribution >= 0.6 is 0 Å². The second kappa shape index (κ2) is 9.65. The summed E-state index contributed by atoms with van der Waals surface area (Å²) in [4.78, 5) is 24.6. The van der Waals surface area contributed by atoms with Crippen LogP contribution in [0.3, 0.4) is 0 Å². The van der Waals surface area contributed by atoms with Gasteiger partial charge in [0.25, 0.3) is 0 Å². The van der Waals surface area contributed by atoms with Gasteiger partial charge in [0.05, 0.1) is 19.8 Å². The van der Waals surface area contributed by atoms with Crippen molar-refractivity contribution in [1.29, 1.82) is 0 Å². The molecule has 0 bridgehead atoms. The Balaban J connectivity index is 1.98. The average molecular weight is 401 g/mol. The number of ether oxygens (including phenoxy) is 1. The van der Waals surface area contributed by atoms with Crippen LogP contribution in [0.5, 0.6) is 11.5 Å². The molecule has 0 aliphatic rings. The van der Waals surface area contributed by atoms with Gasteiger partial charge in [0.2, 0.25) is 0 Å². The summed E-state index contributed by atoms with van der Waals surface area (Å²) in [6.45, 7) is 5.38. The normalized spacial score (nSPS) is 11.4. The van der Waals surface area contributed by atoms with Crippen LogP contribution in [-0.2, 0) is 18.0 Å². The minimum Gasteiger partial charge on any atom is -0.508 e. The zero-order valence-electron chi connectivity index (χ0n) is 16.9. The molecule has 7 nitrogen and oxygen atoms in total. The second-order valence-electron chi connectivity index (χ2n) is 7.79. The molecular weight excluding hydrogens is 374 g/mol. The van der Waals surface area contributed by atoms with E-state index in [-0.39, 0.29) is 60.5 Å². The number of phenols is 2. The number of hydrogen-bond donors (Lipinski definition) is 4. The third-order valence-electron chi connectivity index (χ3n) is 4.24. The zero-order chi connectivity index (χ0) is 21.6. The van der Waals surface area contributed by atoms with Crippen molar-refractivity contribution in [1.82, 2.24) is 5.32 Å². The van der Waals surface area contributed by atoms with E-state index in [4.69, 9.17) is 4.74 Å². The van der Waals surface area contributed by atoms with E-state index < -0.39 is 0 Å². The molecule has 0 heterocycles. The lowest BCUT2D eigenvalue weighted by molar-refractivity contribution is 0.0721. The van der Waals surface area contributed by atoms with Gasteiger partial charge >= 0.3 is 0 Å². The van der Waals surface area contributed by atoms with E-state index in [1.54, 1.807) is 12.1 Å². The van der Waals surface area contributed by atoms with Crippen LogP contribution in [0.15, 0.2) is 36.4 Å². The van der Waals surface area contributed by atoms with Gasteiger partial charge in [-0.1, -0.05) is 0 Å². The number of ketones is 2. The van der Waals surface area contributed by atoms with Crippen molar-refractivity contribution < 1.29 is 29.6 Å². The molecular formula is C22H27NO6. The van der Waals surface area contributed by atoms with Crippen molar-refractivity contribution in [2.24, 2.45) is 0 Å². The number of rotatable bonds is 9. The molecule has 7 heteroatoms. The standard InChI is InChI=1S/C22H27NO6/c1-22(2,3)23-10-20(27)14-4-7-19(26)17(9-14)12-29-13-21(28)15-5-6-18(25)16(8-15)11-24/h4-9,23-26H,10-13H2,1-3H3. The highest BCUT2D eigenvalue weighted by molar-refractivity contribution is 5.98. The number of hydrogen-bond acceptors (Lipinski definition) is 7. The second-order valence-corrected chi connectivity index (χ2v) is 7.79. The molecule has 0 atom stereocenters. The predicted molar refractivity (Wildman–Crippen MR) is 108 cm³/mol. The van der Waals surface area contributed by atoms with Gasteiger partial charge in [0.15, 0.2) is 11.6 Å². The summed E-state index contributed by atoms with van der Waals surface area (Å²) in [6, 6.07) is 8.71. The van der Waals surface area contributed by atoms with E-state index in [9.17, 15) is 24.9 Å². The van der Waals surface area contributed by atoms with Gasteiger partial charge in [-0.3, -0.25) is 9.59 Å². The van der Waals surface area contributed by atoms with Gasteiger partial charge in [-0.2, -0.15) is 0 Å². The topological polar surface area (TPSA) is 116 Å². The Morgan fingerprint density at radius 2 is 1.48 bits per heavy atom. The van der Waals surface area contributed by atoms with Crippen LogP contribution < -0.4 is 5.32 Å². The lowest BCUT2D eigenvalue weighted by Gasteiger charge is -2.20. The van der Waals surface area contributed by atoms with Crippen LogP contribution in [0.25, 0.3) is 0 Å². The Kier molecular flexibility index (Phi) is 7.50. The predicted octanol–water partition coefficient (Wildman–Crippen LogP) is 2.56. The molecule has 2 rings (SSSR count). The maximum atomic E-state index is 12.3. The molecule has 0 aliphatic heterocycles. The number of aromatic hydroxyl groups is 2. The third kappa shape index (κ3) is 6.67. The van der Waals surface area contributed by atoms with Crippen LogP contribution in [0.2, 0.25) is 0 Å². The molecule has 156 valence electrons. The Hall–Kier alpha value is -2.74. The van der Waals surface area contributed by atoms with Crippen LogP contribution in [0.1, 0.15) is 52.6 Å². The number of aliphatic hydroxyl groups is 1. The first-order valence-corrected chi connectivity index (χ1v) is 9.24. The van der Waals surface area contributed by atoms with Crippen molar-refractivity contribution in [2.75, 3.05) is 13.2 Å². The monoisotopic (exact) mass is 401 g/mol. The Morgan fingerprint density at radius 1 is 0.931 bits per heavy atom. The number of carbonyl (C=O) groups is 2. The Morgan fingerprint density at radius 3 is 2.07 bits per heavy atom. The van der Waals surface area contributed by atoms with E-state index in [2.05, 4.69) is 5.32 Å². The van der Waals surface area contributed by atoms with Crippen LogP contribution in [-0.4, -0.2) is 45.6 Å². The molecule has 0 spiro atoms. The van der Waals surface area contributed by atoms with E-state index in [0.29, 0.717) is 16.7 Å². The molecule has 0 fully saturated rings. The van der Waals surface area contributed by atoms with Crippen LogP contribution in [0.4, 0.5) is 0 Å². The number of phenolic OH excluding ortho intramolecular Hbond substituents is 1. The van der Waals surface area contributed by atoms with Gasteiger partial charge < -0.3 is 25.4 Å². The molecule has 0 radical (unpaired) electrons. The summed E-state index contributed by atoms with van der Waals surface area (Å²) >= 11 is 0. The summed E-state index contributed by atoms with van der Waals surface area (Å²) < 4.78 is 5.41. The van der Waals surface area contributed by atoms with Crippen molar-refractivity contribution in [3.8, 4) is 11.5 Å². The third-order valence-corrected chi connectivity index (χ3v) is 4.24. The zero-order valence-corrected chi connectivity index (χ0v) is 16.9. The van der Waals surface area contributed by atoms with E-state index in [1.165, 1.54) is 24.3 Å². The molecule has 4 N–H and O–H groups in total. The maximum absolute atomic E-state index is 12.3. The van der Waals surface area contributed by atoms with Gasteiger partial charge in [-0.25, -0.2) is 0 Å². The maximum Gasteiger partial charge on any atom is 0.188 e. The highest BCUT2D eigenvalue weighted by Crippen LogP contribution is 2.21. The quantitative estimate of drug-likeness (QED) is 0.477. The molecule has 0 unspecified atom stereocenters. The van der Waals surface area contributed by atoms with Gasteiger partial charge in [-0.05, 0) is 57.2 Å². The fraction of sp³-hybridized carbons (Fsp3) is 0.364. The van der Waals surface area contributed by atoms with E-state index in [0.717, 1.165) is 0 Å². The number of benzene rings is 2. The van der Waals surface area contributed by atoms with Crippen LogP contribution in [0, 0.1) is 0 Å². The highest BCUT2D eigenvalue weighted by atomic mass is 16.5. The van der Waals surface area contributed by atoms with Crippen molar-refractivity contribution in [2.45, 2.75) is 39.5 Å². The molecule has 29 heavy (non-hydrogen) atoms. The summed E-state index contributed by atoms with van der Waals surface area (Å²) in [5, 5.41) is 31.9. The minimum atomic E-state index is -0.382. The first kappa shape index (κ1) is 22.5. The largest absolute Gasteiger partial charge is 0.508 e. The molecule has 2 aromatic carbocycles. The Labute approximate surface area is 170 Å². The van der Waals surface area contributed by atoms with Crippen molar-refractivity contribution in [3.63, 3.8) is 0 Å². The summed E-state index contributed by atoms with van der Waals surface area (Å²) in [7, 11) is 0. The summed E-state index contributed by atoms with van der Waals surface area (Å²) in [6.07, 6.45) is 0. The number of nitrogens with one attached hydrogen (secondary N) is 1. The van der Waals surface area contributed by atoms with Gasteiger partial charge in [0, 0.05) is 27.8 Å². The first-order chi connectivity index (χ1) is 13.6. The highest BCUT2D eigenvalue weighted by Gasteiger charge is 2.15. The van der Waals surface area contributed by atoms with Gasteiger partial charge in [-0.15, -0.1) is 0 Å². The Bertz CT molecular complexity index is 885. The summed E-state index contributed by atoms with van der Waals surface area (Å²) in [5.41, 5.74) is 1.21. The smallest absolute Gasteiger partial charge is 0.188 e. The molecule has 0 saturated heterocycles. The first-order valence-electron chi connectivity index (χ1n) is 9.24. The number of carbonyl (C=O) groups excluding carboxylic acids is 2. The van der Waals surface area contributed by atoms with Crippen molar-refractivity contribution >= 4 is 11.6 Å². The lowest BCUT2D eigenvalue weighted by Crippen LogP contribution is -2.39. The fourth-order valence-corrected chi connectivity index (χ4v) is 2.54. The minimum absolute atomic E-state index is 0.0232. The number of Topliss-reactive ketones (excluding diaryl/α,β-unsaturated/α-hetero) is 2.